The van der Waals surface area contributed by atoms with Crippen LogP contribution in [0.5, 0.6) is 0 Å². The molecule has 2 aromatic rings. The fourth-order valence-corrected chi connectivity index (χ4v) is 2.61. The maximum atomic E-state index is 9.91. The number of thiol groups is 1. The fraction of sp³-hybridized carbons (Fsp3) is 0.300. The molecule has 1 heterocycles. The standard InChI is InChI=1S/C7H5NS.C3H8O3S2/c1-2-4-7-6(3-1)8-5-9-7;4-8(5,6)3-1-2-7/h1-5H;7H,1-3H2,(H,4,5,6). The zero-order chi connectivity index (χ0) is 12.7. The molecule has 0 aliphatic carbocycles. The SMILES string of the molecule is O=S(=O)(O)CCCS.c1ccc2scnc2c1. The van der Waals surface area contributed by atoms with Crippen LogP contribution in [0.1, 0.15) is 6.42 Å². The molecule has 94 valence electrons. The van der Waals surface area contributed by atoms with E-state index in [9.17, 15) is 8.42 Å². The van der Waals surface area contributed by atoms with Crippen molar-refractivity contribution in [3.63, 3.8) is 0 Å². The maximum Gasteiger partial charge on any atom is 0.264 e. The van der Waals surface area contributed by atoms with Crippen molar-refractivity contribution in [1.82, 2.24) is 4.98 Å². The van der Waals surface area contributed by atoms with Crippen LogP contribution in [0.2, 0.25) is 0 Å². The molecule has 0 amide bonds. The van der Waals surface area contributed by atoms with E-state index in [0.717, 1.165) is 5.52 Å². The molecule has 1 N–H and O–H groups in total. The van der Waals surface area contributed by atoms with Gasteiger partial charge in [-0.3, -0.25) is 4.55 Å². The minimum absolute atomic E-state index is 0.184. The van der Waals surface area contributed by atoms with Crippen LogP contribution in [0.15, 0.2) is 29.8 Å². The van der Waals surface area contributed by atoms with Gasteiger partial charge in [0.1, 0.15) is 0 Å². The van der Waals surface area contributed by atoms with Crippen molar-refractivity contribution in [3.8, 4) is 0 Å². The molecule has 1 aromatic carbocycles. The van der Waals surface area contributed by atoms with Gasteiger partial charge in [-0.2, -0.15) is 21.0 Å². The molecule has 0 saturated carbocycles. The average Bonchev–Trinajstić information content (AvgIpc) is 2.74. The lowest BCUT2D eigenvalue weighted by Crippen LogP contribution is -2.03. The summed E-state index contributed by atoms with van der Waals surface area (Å²) in [6, 6.07) is 8.13. The molecule has 0 radical (unpaired) electrons. The minimum atomic E-state index is -3.74. The van der Waals surface area contributed by atoms with E-state index in [1.54, 1.807) is 11.3 Å². The number of hydrogen-bond acceptors (Lipinski definition) is 5. The Hall–Kier alpha value is -0.630. The van der Waals surface area contributed by atoms with Gasteiger partial charge in [0.15, 0.2) is 0 Å². The summed E-state index contributed by atoms with van der Waals surface area (Å²) in [4.78, 5) is 4.14. The average molecular weight is 291 g/mol. The highest BCUT2D eigenvalue weighted by atomic mass is 32.2. The summed E-state index contributed by atoms with van der Waals surface area (Å²) in [6.45, 7) is 0. The summed E-state index contributed by atoms with van der Waals surface area (Å²) in [5, 5.41) is 0. The molecule has 0 spiro atoms. The Morgan fingerprint density at radius 1 is 1.35 bits per heavy atom. The highest BCUT2D eigenvalue weighted by molar-refractivity contribution is 7.85. The van der Waals surface area contributed by atoms with Crippen LogP contribution in [0.25, 0.3) is 10.2 Å². The smallest absolute Gasteiger partial charge is 0.264 e. The molecule has 2 rings (SSSR count). The van der Waals surface area contributed by atoms with Gasteiger partial charge in [-0.15, -0.1) is 11.3 Å². The highest BCUT2D eigenvalue weighted by Gasteiger charge is 2.00. The lowest BCUT2D eigenvalue weighted by Gasteiger charge is -1.89. The summed E-state index contributed by atoms with van der Waals surface area (Å²) in [6.07, 6.45) is 0.405. The van der Waals surface area contributed by atoms with E-state index in [1.807, 2.05) is 23.7 Å². The molecular formula is C10H13NO3S3. The highest BCUT2D eigenvalue weighted by Crippen LogP contribution is 2.15. The van der Waals surface area contributed by atoms with Gasteiger partial charge in [0.05, 0.1) is 21.5 Å². The van der Waals surface area contributed by atoms with Crippen molar-refractivity contribution in [3.05, 3.63) is 29.8 Å². The van der Waals surface area contributed by atoms with Crippen LogP contribution in [0, 0.1) is 0 Å². The monoisotopic (exact) mass is 291 g/mol. The Morgan fingerprint density at radius 2 is 2.06 bits per heavy atom. The van der Waals surface area contributed by atoms with Crippen LogP contribution in [-0.2, 0) is 10.1 Å². The van der Waals surface area contributed by atoms with Gasteiger partial charge in [0.25, 0.3) is 10.1 Å². The first-order valence-corrected chi connectivity index (χ1v) is 7.99. The third-order valence-electron chi connectivity index (χ3n) is 1.80. The van der Waals surface area contributed by atoms with Crippen molar-refractivity contribution in [2.24, 2.45) is 0 Å². The van der Waals surface area contributed by atoms with Crippen LogP contribution >= 0.6 is 24.0 Å². The molecule has 0 aliphatic rings. The zero-order valence-electron chi connectivity index (χ0n) is 8.98. The van der Waals surface area contributed by atoms with Gasteiger partial charge in [-0.25, -0.2) is 4.98 Å². The van der Waals surface area contributed by atoms with E-state index in [-0.39, 0.29) is 5.75 Å². The largest absolute Gasteiger partial charge is 0.286 e. The van der Waals surface area contributed by atoms with E-state index in [0.29, 0.717) is 12.2 Å². The molecule has 0 fully saturated rings. The van der Waals surface area contributed by atoms with Crippen molar-refractivity contribution < 1.29 is 13.0 Å². The maximum absolute atomic E-state index is 9.91. The molecule has 17 heavy (non-hydrogen) atoms. The summed E-state index contributed by atoms with van der Waals surface area (Å²) < 4.78 is 29.2. The first-order chi connectivity index (χ1) is 8.03. The van der Waals surface area contributed by atoms with Gasteiger partial charge >= 0.3 is 0 Å². The van der Waals surface area contributed by atoms with E-state index in [2.05, 4.69) is 23.7 Å². The first kappa shape index (κ1) is 14.4. The van der Waals surface area contributed by atoms with Gasteiger partial charge in [-0.1, -0.05) is 12.1 Å². The zero-order valence-corrected chi connectivity index (χ0v) is 11.5. The second-order valence-electron chi connectivity index (χ2n) is 3.18. The molecule has 1 aromatic heterocycles. The molecule has 0 bridgehead atoms. The normalized spacial score (nSPS) is 10.9. The lowest BCUT2D eigenvalue weighted by atomic mass is 10.3. The molecule has 0 saturated heterocycles. The summed E-state index contributed by atoms with van der Waals surface area (Å²) in [5.74, 6) is 0.302. The molecular weight excluding hydrogens is 278 g/mol. The molecule has 0 unspecified atom stereocenters. The molecule has 0 aliphatic heterocycles. The Labute approximate surface area is 110 Å². The van der Waals surface area contributed by atoms with Crippen LogP contribution in [0.4, 0.5) is 0 Å². The second-order valence-corrected chi connectivity index (χ2v) is 6.09. The summed E-state index contributed by atoms with van der Waals surface area (Å²) in [5.41, 5.74) is 2.97. The van der Waals surface area contributed by atoms with Crippen LogP contribution < -0.4 is 0 Å². The van der Waals surface area contributed by atoms with E-state index in [4.69, 9.17) is 4.55 Å². The van der Waals surface area contributed by atoms with E-state index >= 15 is 0 Å². The van der Waals surface area contributed by atoms with Crippen LogP contribution in [-0.4, -0.2) is 29.5 Å². The number of nitrogens with zero attached hydrogens (tertiary/aromatic N) is 1. The van der Waals surface area contributed by atoms with Gasteiger partial charge in [-0.05, 0) is 24.3 Å². The topological polar surface area (TPSA) is 67.3 Å². The third kappa shape index (κ3) is 6.02. The lowest BCUT2D eigenvalue weighted by molar-refractivity contribution is 0.482. The number of fused-ring (bicyclic) bond motifs is 1. The Morgan fingerprint density at radius 3 is 2.59 bits per heavy atom. The van der Waals surface area contributed by atoms with Crippen molar-refractivity contribution in [2.45, 2.75) is 6.42 Å². The summed E-state index contributed by atoms with van der Waals surface area (Å²) in [7, 11) is -3.74. The summed E-state index contributed by atoms with van der Waals surface area (Å²) >= 11 is 5.43. The van der Waals surface area contributed by atoms with Gasteiger partial charge in [0.2, 0.25) is 0 Å². The number of thiazole rings is 1. The predicted molar refractivity (Wildman–Crippen MR) is 74.5 cm³/mol. The van der Waals surface area contributed by atoms with Crippen LogP contribution in [0.3, 0.4) is 0 Å². The Balaban J connectivity index is 0.000000172. The Bertz CT molecular complexity index is 520. The number of hydrogen-bond donors (Lipinski definition) is 2. The van der Waals surface area contributed by atoms with Crippen molar-refractivity contribution in [2.75, 3.05) is 11.5 Å². The van der Waals surface area contributed by atoms with E-state index in [1.165, 1.54) is 4.70 Å². The Kier molecular flexibility index (Phi) is 5.90. The number of benzene rings is 1. The predicted octanol–water partition coefficient (Wildman–Crippen LogP) is 2.49. The van der Waals surface area contributed by atoms with Crippen molar-refractivity contribution >= 4 is 44.3 Å². The number of aromatic nitrogens is 1. The first-order valence-electron chi connectivity index (χ1n) is 4.87. The molecule has 0 atom stereocenters. The van der Waals surface area contributed by atoms with E-state index < -0.39 is 10.1 Å². The minimum Gasteiger partial charge on any atom is -0.286 e. The second kappa shape index (κ2) is 6.95. The molecule has 7 heteroatoms. The van der Waals surface area contributed by atoms with Crippen molar-refractivity contribution in [1.29, 1.82) is 0 Å². The fourth-order valence-electron chi connectivity index (χ4n) is 1.05. The number of para-hydroxylation sites is 1. The quantitative estimate of drug-likeness (QED) is 0.673. The number of rotatable bonds is 3. The molecule has 4 nitrogen and oxygen atoms in total. The third-order valence-corrected chi connectivity index (χ3v) is 3.73. The van der Waals surface area contributed by atoms with Gasteiger partial charge in [0, 0.05) is 0 Å². The van der Waals surface area contributed by atoms with Gasteiger partial charge < -0.3 is 0 Å².